The Bertz CT molecular complexity index is 344. The molecule has 0 heterocycles. The quantitative estimate of drug-likeness (QED) is 0.768. The van der Waals surface area contributed by atoms with Crippen LogP contribution in [0.15, 0.2) is 0 Å². The Kier molecular flexibility index (Phi) is 5.58. The van der Waals surface area contributed by atoms with Crippen LogP contribution in [0.25, 0.3) is 0 Å². The summed E-state index contributed by atoms with van der Waals surface area (Å²) in [6.45, 7) is 11.7. The summed E-state index contributed by atoms with van der Waals surface area (Å²) in [6, 6.07) is 0.111. The Morgan fingerprint density at radius 1 is 1.45 bits per heavy atom. The largest absolute Gasteiger partial charge is 0.383 e. The first kappa shape index (κ1) is 17.4. The molecule has 0 bridgehead atoms. The molecule has 0 aliphatic heterocycles. The van der Waals surface area contributed by atoms with Gasteiger partial charge in [0.1, 0.15) is 5.54 Å². The second-order valence-electron chi connectivity index (χ2n) is 6.43. The monoisotopic (exact) mass is 286 g/mol. The van der Waals surface area contributed by atoms with Gasteiger partial charge in [0.05, 0.1) is 12.7 Å². The number of carbonyl (C=O) groups excluding carboxylic acids is 1. The van der Waals surface area contributed by atoms with E-state index in [1.807, 2.05) is 39.5 Å². The molecule has 0 aromatic carbocycles. The summed E-state index contributed by atoms with van der Waals surface area (Å²) >= 11 is 0. The predicted molar refractivity (Wildman–Crippen MR) is 79.5 cm³/mol. The molecule has 5 heteroatoms. The number of carbonyl (C=O) groups is 1. The molecule has 1 fully saturated rings. The van der Waals surface area contributed by atoms with Gasteiger partial charge in [-0.3, -0.25) is 4.79 Å². The molecule has 0 spiro atoms. The van der Waals surface area contributed by atoms with Gasteiger partial charge < -0.3 is 20.1 Å². The fraction of sp³-hybridized carbons (Fsp3) is 0.933. The van der Waals surface area contributed by atoms with Crippen LogP contribution in [0.2, 0.25) is 0 Å². The minimum absolute atomic E-state index is 0.00510. The molecule has 0 aromatic heterocycles. The number of nitrogens with two attached hydrogens (primary N) is 1. The van der Waals surface area contributed by atoms with E-state index in [-0.39, 0.29) is 23.5 Å². The highest BCUT2D eigenvalue weighted by molar-refractivity contribution is 5.89. The molecule has 1 aliphatic rings. The number of rotatable bonds is 7. The van der Waals surface area contributed by atoms with E-state index in [0.29, 0.717) is 26.2 Å². The molecule has 1 rings (SSSR count). The van der Waals surface area contributed by atoms with E-state index >= 15 is 0 Å². The van der Waals surface area contributed by atoms with E-state index < -0.39 is 5.54 Å². The number of hydrogen-bond acceptors (Lipinski definition) is 4. The van der Waals surface area contributed by atoms with Crippen molar-refractivity contribution in [1.29, 1.82) is 0 Å². The molecule has 20 heavy (non-hydrogen) atoms. The van der Waals surface area contributed by atoms with Crippen LogP contribution in [0, 0.1) is 5.41 Å². The Balaban J connectivity index is 2.84. The third kappa shape index (κ3) is 2.85. The van der Waals surface area contributed by atoms with Gasteiger partial charge >= 0.3 is 0 Å². The SMILES string of the molecule is CCOC1CC(N)(C(=O)N(CCOC)C(C)C)C1(C)C. The van der Waals surface area contributed by atoms with Gasteiger partial charge in [0, 0.05) is 38.1 Å². The van der Waals surface area contributed by atoms with Crippen LogP contribution in [-0.4, -0.2) is 55.4 Å². The van der Waals surface area contributed by atoms with Gasteiger partial charge in [-0.1, -0.05) is 13.8 Å². The summed E-state index contributed by atoms with van der Waals surface area (Å²) in [4.78, 5) is 14.7. The lowest BCUT2D eigenvalue weighted by atomic mass is 9.54. The van der Waals surface area contributed by atoms with Gasteiger partial charge in [-0.15, -0.1) is 0 Å². The summed E-state index contributed by atoms with van der Waals surface area (Å²) in [6.07, 6.45) is 0.640. The summed E-state index contributed by atoms with van der Waals surface area (Å²) in [5.74, 6) is 0.00510. The number of ether oxygens (including phenoxy) is 2. The van der Waals surface area contributed by atoms with Gasteiger partial charge in [-0.05, 0) is 20.8 Å². The maximum atomic E-state index is 12.8. The van der Waals surface area contributed by atoms with Crippen LogP contribution in [0.1, 0.15) is 41.0 Å². The maximum Gasteiger partial charge on any atom is 0.243 e. The molecule has 0 radical (unpaired) electrons. The van der Waals surface area contributed by atoms with E-state index in [2.05, 4.69) is 0 Å². The smallest absolute Gasteiger partial charge is 0.243 e. The summed E-state index contributed by atoms with van der Waals surface area (Å²) < 4.78 is 10.8. The molecule has 5 nitrogen and oxygen atoms in total. The molecular formula is C15H30N2O3. The van der Waals surface area contributed by atoms with Crippen LogP contribution in [0.3, 0.4) is 0 Å². The fourth-order valence-electron chi connectivity index (χ4n) is 2.84. The van der Waals surface area contributed by atoms with E-state index in [1.54, 1.807) is 7.11 Å². The molecule has 0 aromatic rings. The van der Waals surface area contributed by atoms with Crippen molar-refractivity contribution in [2.45, 2.75) is 58.7 Å². The molecular weight excluding hydrogens is 256 g/mol. The lowest BCUT2D eigenvalue weighted by Crippen LogP contribution is -2.76. The predicted octanol–water partition coefficient (Wildman–Crippen LogP) is 1.40. The average molecular weight is 286 g/mol. The zero-order valence-electron chi connectivity index (χ0n) is 13.7. The fourth-order valence-corrected chi connectivity index (χ4v) is 2.84. The van der Waals surface area contributed by atoms with Crippen molar-refractivity contribution in [2.24, 2.45) is 11.1 Å². The van der Waals surface area contributed by atoms with Gasteiger partial charge in [-0.25, -0.2) is 0 Å². The zero-order chi connectivity index (χ0) is 15.6. The van der Waals surface area contributed by atoms with Crippen LogP contribution in [0.5, 0.6) is 0 Å². The van der Waals surface area contributed by atoms with Crippen LogP contribution in [0.4, 0.5) is 0 Å². The van der Waals surface area contributed by atoms with Crippen molar-refractivity contribution in [2.75, 3.05) is 26.9 Å². The Morgan fingerprint density at radius 3 is 2.45 bits per heavy atom. The van der Waals surface area contributed by atoms with Crippen molar-refractivity contribution in [1.82, 2.24) is 4.90 Å². The second kappa shape index (κ2) is 6.41. The Labute approximate surface area is 122 Å². The molecule has 118 valence electrons. The molecule has 2 atom stereocenters. The van der Waals surface area contributed by atoms with Crippen molar-refractivity contribution in [3.05, 3.63) is 0 Å². The third-order valence-electron chi connectivity index (χ3n) is 4.63. The van der Waals surface area contributed by atoms with Crippen molar-refractivity contribution in [3.63, 3.8) is 0 Å². The van der Waals surface area contributed by atoms with Crippen molar-refractivity contribution < 1.29 is 14.3 Å². The van der Waals surface area contributed by atoms with E-state index in [4.69, 9.17) is 15.2 Å². The molecule has 1 saturated carbocycles. The number of hydrogen-bond donors (Lipinski definition) is 1. The first-order valence-electron chi connectivity index (χ1n) is 7.42. The summed E-state index contributed by atoms with van der Waals surface area (Å²) in [5.41, 5.74) is 5.25. The topological polar surface area (TPSA) is 64.8 Å². The van der Waals surface area contributed by atoms with E-state index in [9.17, 15) is 4.79 Å². The standard InChI is InChI=1S/C15H30N2O3/c1-7-20-12-10-15(16,14(12,4)5)13(18)17(11(2)3)8-9-19-6/h11-12H,7-10,16H2,1-6H3. The van der Waals surface area contributed by atoms with Crippen LogP contribution >= 0.6 is 0 Å². The van der Waals surface area contributed by atoms with Crippen LogP contribution in [-0.2, 0) is 14.3 Å². The lowest BCUT2D eigenvalue weighted by molar-refractivity contribution is -0.181. The number of methoxy groups -OCH3 is 1. The molecule has 0 saturated heterocycles. The molecule has 1 aliphatic carbocycles. The van der Waals surface area contributed by atoms with Gasteiger partial charge in [0.2, 0.25) is 5.91 Å². The molecule has 1 amide bonds. The van der Waals surface area contributed by atoms with Gasteiger partial charge in [-0.2, -0.15) is 0 Å². The minimum atomic E-state index is -0.842. The second-order valence-corrected chi connectivity index (χ2v) is 6.43. The Morgan fingerprint density at radius 2 is 2.05 bits per heavy atom. The zero-order valence-corrected chi connectivity index (χ0v) is 13.7. The van der Waals surface area contributed by atoms with E-state index in [1.165, 1.54) is 0 Å². The van der Waals surface area contributed by atoms with E-state index in [0.717, 1.165) is 0 Å². The van der Waals surface area contributed by atoms with Gasteiger partial charge in [0.25, 0.3) is 0 Å². The highest BCUT2D eigenvalue weighted by Crippen LogP contribution is 2.50. The minimum Gasteiger partial charge on any atom is -0.383 e. The van der Waals surface area contributed by atoms with Gasteiger partial charge in [0.15, 0.2) is 0 Å². The molecule has 2 N–H and O–H groups in total. The number of nitrogens with zero attached hydrogens (tertiary/aromatic N) is 1. The third-order valence-corrected chi connectivity index (χ3v) is 4.63. The molecule has 2 unspecified atom stereocenters. The first-order chi connectivity index (χ1) is 9.22. The maximum absolute atomic E-state index is 12.8. The van der Waals surface area contributed by atoms with Crippen LogP contribution < -0.4 is 5.73 Å². The van der Waals surface area contributed by atoms with Crippen molar-refractivity contribution >= 4 is 5.91 Å². The highest BCUT2D eigenvalue weighted by Gasteiger charge is 2.63. The average Bonchev–Trinajstić information content (AvgIpc) is 2.38. The Hall–Kier alpha value is -0.650. The summed E-state index contributed by atoms with van der Waals surface area (Å²) in [5, 5.41) is 0. The lowest BCUT2D eigenvalue weighted by Gasteiger charge is -2.59. The normalized spacial score (nSPS) is 28.3. The van der Waals surface area contributed by atoms with Crippen molar-refractivity contribution in [3.8, 4) is 0 Å². The summed E-state index contributed by atoms with van der Waals surface area (Å²) in [7, 11) is 1.64. The first-order valence-corrected chi connectivity index (χ1v) is 7.42. The number of amides is 1. The highest BCUT2D eigenvalue weighted by atomic mass is 16.5.